The van der Waals surface area contributed by atoms with E-state index < -0.39 is 32.2 Å². The lowest BCUT2D eigenvalue weighted by Gasteiger charge is -2.41. The van der Waals surface area contributed by atoms with Gasteiger partial charge < -0.3 is 4.74 Å². The molecule has 33 heavy (non-hydrogen) atoms. The Morgan fingerprint density at radius 3 is 2.64 bits per heavy atom. The SMILES string of the molecule is CCn1nccc1[C@H]1CCCC[C@@]1(C)Oc1cc(F)c(S(=O)(=O)Nc2ccncn2)c(F)c1. The van der Waals surface area contributed by atoms with Crippen LogP contribution in [0.3, 0.4) is 0 Å². The maximum atomic E-state index is 14.9. The molecule has 1 aliphatic carbocycles. The van der Waals surface area contributed by atoms with Crippen LogP contribution < -0.4 is 9.46 Å². The number of nitrogens with one attached hydrogen (secondary N) is 1. The van der Waals surface area contributed by atoms with Crippen LogP contribution in [0.15, 0.2) is 47.9 Å². The Labute approximate surface area is 191 Å². The van der Waals surface area contributed by atoms with Crippen molar-refractivity contribution in [3.8, 4) is 5.75 Å². The van der Waals surface area contributed by atoms with E-state index in [2.05, 4.69) is 19.8 Å². The fourth-order valence-electron chi connectivity index (χ4n) is 4.45. The Kier molecular flexibility index (Phi) is 6.33. The second-order valence-corrected chi connectivity index (χ2v) is 9.82. The van der Waals surface area contributed by atoms with Crippen LogP contribution in [0.25, 0.3) is 0 Å². The highest BCUT2D eigenvalue weighted by atomic mass is 32.2. The Hall–Kier alpha value is -3.08. The molecule has 0 saturated heterocycles. The molecule has 0 spiro atoms. The van der Waals surface area contributed by atoms with E-state index in [1.807, 2.05) is 24.6 Å². The van der Waals surface area contributed by atoms with Gasteiger partial charge in [0.25, 0.3) is 10.0 Å². The van der Waals surface area contributed by atoms with Crippen LogP contribution in [0, 0.1) is 11.6 Å². The highest BCUT2D eigenvalue weighted by molar-refractivity contribution is 7.92. The first-order valence-corrected chi connectivity index (χ1v) is 12.2. The van der Waals surface area contributed by atoms with Gasteiger partial charge in [0.15, 0.2) is 4.90 Å². The quantitative estimate of drug-likeness (QED) is 0.546. The molecule has 1 aromatic carbocycles. The van der Waals surface area contributed by atoms with Gasteiger partial charge in [-0.3, -0.25) is 9.40 Å². The standard InChI is InChI=1S/C22H25F2N5O3S/c1-3-29-19(7-11-27-29)16-6-4-5-9-22(16,2)32-15-12-17(23)21(18(24)13-15)33(30,31)28-20-8-10-25-14-26-20/h7-8,10-14,16H,3-6,9H2,1-2H3,(H,25,26,28)/t16-,22-/m1/s1. The smallest absolute Gasteiger partial charge is 0.268 e. The molecule has 8 nitrogen and oxygen atoms in total. The highest BCUT2D eigenvalue weighted by Crippen LogP contribution is 2.44. The minimum Gasteiger partial charge on any atom is -0.487 e. The van der Waals surface area contributed by atoms with Crippen molar-refractivity contribution in [1.29, 1.82) is 0 Å². The Balaban J connectivity index is 1.63. The second-order valence-electron chi connectivity index (χ2n) is 8.20. The van der Waals surface area contributed by atoms with E-state index in [0.717, 1.165) is 43.4 Å². The molecule has 0 unspecified atom stereocenters. The number of hydrogen-bond donors (Lipinski definition) is 1. The van der Waals surface area contributed by atoms with E-state index in [-0.39, 0.29) is 17.5 Å². The lowest BCUT2D eigenvalue weighted by atomic mass is 9.74. The summed E-state index contributed by atoms with van der Waals surface area (Å²) in [5, 5.41) is 4.34. The van der Waals surface area contributed by atoms with Crippen molar-refractivity contribution in [3.05, 3.63) is 60.3 Å². The van der Waals surface area contributed by atoms with Crippen molar-refractivity contribution in [1.82, 2.24) is 19.7 Å². The number of sulfonamides is 1. The summed E-state index contributed by atoms with van der Waals surface area (Å²) in [5.74, 6) is -2.69. The van der Waals surface area contributed by atoms with E-state index in [1.165, 1.54) is 12.3 Å². The van der Waals surface area contributed by atoms with Gasteiger partial charge in [0.2, 0.25) is 0 Å². The molecular weight excluding hydrogens is 452 g/mol. The Morgan fingerprint density at radius 1 is 1.21 bits per heavy atom. The van der Waals surface area contributed by atoms with Crippen LogP contribution in [0.4, 0.5) is 14.6 Å². The average molecular weight is 478 g/mol. The van der Waals surface area contributed by atoms with Gasteiger partial charge in [-0.05, 0) is 45.2 Å². The van der Waals surface area contributed by atoms with Crippen molar-refractivity contribution in [2.75, 3.05) is 4.72 Å². The molecule has 4 rings (SSSR count). The molecule has 1 saturated carbocycles. The number of ether oxygens (including phenoxy) is 1. The summed E-state index contributed by atoms with van der Waals surface area (Å²) in [6, 6.07) is 5.03. The van der Waals surface area contributed by atoms with Crippen molar-refractivity contribution >= 4 is 15.8 Å². The molecule has 1 N–H and O–H groups in total. The largest absolute Gasteiger partial charge is 0.487 e. The number of rotatable bonds is 7. The van der Waals surface area contributed by atoms with Crippen LogP contribution in [0.2, 0.25) is 0 Å². The summed E-state index contributed by atoms with van der Waals surface area (Å²) < 4.78 is 65.1. The number of hydrogen-bond acceptors (Lipinski definition) is 6. The summed E-state index contributed by atoms with van der Waals surface area (Å²) in [7, 11) is -4.55. The summed E-state index contributed by atoms with van der Waals surface area (Å²) >= 11 is 0. The third-order valence-electron chi connectivity index (χ3n) is 5.97. The number of aryl methyl sites for hydroxylation is 1. The molecule has 2 aromatic heterocycles. The zero-order chi connectivity index (χ0) is 23.6. The molecule has 2 atom stereocenters. The van der Waals surface area contributed by atoms with E-state index in [9.17, 15) is 17.2 Å². The molecule has 0 bridgehead atoms. The zero-order valence-corrected chi connectivity index (χ0v) is 19.1. The third-order valence-corrected chi connectivity index (χ3v) is 7.38. The first-order valence-electron chi connectivity index (χ1n) is 10.7. The minimum atomic E-state index is -4.55. The van der Waals surface area contributed by atoms with Crippen molar-refractivity contribution in [3.63, 3.8) is 0 Å². The Bertz CT molecular complexity index is 1210. The van der Waals surface area contributed by atoms with Gasteiger partial charge in [-0.2, -0.15) is 5.10 Å². The van der Waals surface area contributed by atoms with Crippen molar-refractivity contribution in [2.24, 2.45) is 0 Å². The minimum absolute atomic E-state index is 0.0253. The van der Waals surface area contributed by atoms with Crippen molar-refractivity contribution in [2.45, 2.75) is 62.5 Å². The second kappa shape index (κ2) is 9.05. The number of nitrogens with zero attached hydrogens (tertiary/aromatic N) is 4. The summed E-state index contributed by atoms with van der Waals surface area (Å²) in [6.07, 6.45) is 7.61. The molecule has 176 valence electrons. The molecule has 0 aliphatic heterocycles. The molecule has 1 fully saturated rings. The first kappa shape index (κ1) is 23.1. The summed E-state index contributed by atoms with van der Waals surface area (Å²) in [5.41, 5.74) is 0.276. The normalized spacial score (nSPS) is 21.0. The fraction of sp³-hybridized carbons (Fsp3) is 0.409. The lowest BCUT2D eigenvalue weighted by Crippen LogP contribution is -2.42. The van der Waals surface area contributed by atoms with Crippen LogP contribution in [-0.4, -0.2) is 33.8 Å². The zero-order valence-electron chi connectivity index (χ0n) is 18.3. The topological polar surface area (TPSA) is 99.0 Å². The molecule has 0 amide bonds. The number of benzene rings is 1. The fourth-order valence-corrected chi connectivity index (χ4v) is 5.58. The van der Waals surface area contributed by atoms with E-state index in [4.69, 9.17) is 4.74 Å². The highest BCUT2D eigenvalue weighted by Gasteiger charge is 2.41. The molecule has 0 radical (unpaired) electrons. The summed E-state index contributed by atoms with van der Waals surface area (Å²) in [4.78, 5) is 6.30. The predicted molar refractivity (Wildman–Crippen MR) is 117 cm³/mol. The van der Waals surface area contributed by atoms with Gasteiger partial charge in [-0.15, -0.1) is 0 Å². The van der Waals surface area contributed by atoms with Gasteiger partial charge in [-0.25, -0.2) is 27.2 Å². The molecule has 2 heterocycles. The molecule has 11 heteroatoms. The van der Waals surface area contributed by atoms with Gasteiger partial charge in [0.1, 0.15) is 35.1 Å². The van der Waals surface area contributed by atoms with E-state index in [1.54, 1.807) is 6.20 Å². The average Bonchev–Trinajstić information content (AvgIpc) is 3.22. The number of anilines is 1. The number of aromatic nitrogens is 4. The van der Waals surface area contributed by atoms with Crippen molar-refractivity contribution < 1.29 is 21.9 Å². The van der Waals surface area contributed by atoms with Gasteiger partial charge >= 0.3 is 0 Å². The molecular formula is C22H25F2N5O3S. The van der Waals surface area contributed by atoms with Gasteiger partial charge in [0, 0.05) is 42.7 Å². The van der Waals surface area contributed by atoms with E-state index >= 15 is 0 Å². The predicted octanol–water partition coefficient (Wildman–Crippen LogP) is 4.27. The maximum absolute atomic E-state index is 14.9. The van der Waals surface area contributed by atoms with Crippen LogP contribution in [-0.2, 0) is 16.6 Å². The Morgan fingerprint density at radius 2 is 1.97 bits per heavy atom. The van der Waals surface area contributed by atoms with Gasteiger partial charge in [0.05, 0.1) is 0 Å². The summed E-state index contributed by atoms with van der Waals surface area (Å²) in [6.45, 7) is 4.61. The third kappa shape index (κ3) is 4.68. The number of halogens is 2. The van der Waals surface area contributed by atoms with Crippen LogP contribution in [0.1, 0.15) is 51.1 Å². The van der Waals surface area contributed by atoms with Crippen LogP contribution >= 0.6 is 0 Å². The molecule has 1 aliphatic rings. The molecule has 3 aromatic rings. The van der Waals surface area contributed by atoms with Gasteiger partial charge in [-0.1, -0.05) is 6.42 Å². The lowest BCUT2D eigenvalue weighted by molar-refractivity contribution is 0.0224. The first-order chi connectivity index (χ1) is 15.7. The monoisotopic (exact) mass is 477 g/mol. The maximum Gasteiger partial charge on any atom is 0.268 e. The van der Waals surface area contributed by atoms with E-state index in [0.29, 0.717) is 13.0 Å². The van der Waals surface area contributed by atoms with Crippen LogP contribution in [0.5, 0.6) is 5.75 Å².